The fourth-order valence-electron chi connectivity index (χ4n) is 6.06. The predicted molar refractivity (Wildman–Crippen MR) is 124 cm³/mol. The average molecular weight is 372 g/mol. The summed E-state index contributed by atoms with van der Waals surface area (Å²) in [5.74, 6) is 0. The molecular weight excluding hydrogens is 351 g/mol. The van der Waals surface area contributed by atoms with E-state index in [4.69, 9.17) is 0 Å². The van der Waals surface area contributed by atoms with Gasteiger partial charge in [0.05, 0.1) is 0 Å². The van der Waals surface area contributed by atoms with Gasteiger partial charge in [-0.05, 0) is 67.3 Å². The summed E-state index contributed by atoms with van der Waals surface area (Å²) >= 11 is 0. The molecule has 0 fully saturated rings. The van der Waals surface area contributed by atoms with E-state index in [9.17, 15) is 0 Å². The first-order valence-corrected chi connectivity index (χ1v) is 10.4. The molecule has 3 heteroatoms. The van der Waals surface area contributed by atoms with Crippen LogP contribution in [0.4, 0.5) is 0 Å². The minimum absolute atomic E-state index is 0.288. The van der Waals surface area contributed by atoms with Crippen LogP contribution in [-0.4, -0.2) is 15.8 Å². The second-order valence-corrected chi connectivity index (χ2v) is 8.72. The summed E-state index contributed by atoms with van der Waals surface area (Å²) in [6, 6.07) is 20.6. The summed E-state index contributed by atoms with van der Waals surface area (Å²) in [5, 5.41) is 2.77. The topological polar surface area (TPSA) is 9.86 Å². The van der Waals surface area contributed by atoms with Gasteiger partial charge in [-0.15, -0.1) is 0 Å². The van der Waals surface area contributed by atoms with Crippen LogP contribution in [0.5, 0.6) is 0 Å². The van der Waals surface area contributed by atoms with Gasteiger partial charge in [0, 0.05) is 44.6 Å². The molecule has 0 radical (unpaired) electrons. The van der Waals surface area contributed by atoms with E-state index < -0.39 is 0 Å². The van der Waals surface area contributed by atoms with E-state index in [0.29, 0.717) is 0 Å². The first kappa shape index (κ1) is 15.7. The number of rotatable bonds is 0. The fraction of sp³-hybridized carbons (Fsp3) is 0.154. The van der Waals surface area contributed by atoms with Gasteiger partial charge in [-0.3, -0.25) is 0 Å². The van der Waals surface area contributed by atoms with Crippen molar-refractivity contribution < 1.29 is 0 Å². The number of nitrogens with zero attached hydrogens (tertiary/aromatic N) is 2. The highest BCUT2D eigenvalue weighted by Gasteiger charge is 2.40. The molecule has 0 amide bonds. The van der Waals surface area contributed by atoms with E-state index in [1.54, 1.807) is 0 Å². The number of aromatic nitrogens is 2. The third-order valence-corrected chi connectivity index (χ3v) is 7.60. The highest BCUT2D eigenvalue weighted by molar-refractivity contribution is 7.00. The van der Waals surface area contributed by atoms with Crippen molar-refractivity contribution in [2.24, 2.45) is 0 Å². The molecule has 2 aliphatic heterocycles. The van der Waals surface area contributed by atoms with E-state index in [1.165, 1.54) is 72.1 Å². The maximum Gasteiger partial charge on any atom is 0.252 e. The molecule has 7 rings (SSSR count). The van der Waals surface area contributed by atoms with Crippen molar-refractivity contribution in [3.63, 3.8) is 0 Å². The van der Waals surface area contributed by atoms with E-state index in [2.05, 4.69) is 91.4 Å². The van der Waals surface area contributed by atoms with Gasteiger partial charge in [-0.25, -0.2) is 0 Å². The van der Waals surface area contributed by atoms with Gasteiger partial charge in [-0.2, -0.15) is 0 Å². The molecule has 0 unspecified atom stereocenters. The molecule has 2 aromatic heterocycles. The molecule has 0 saturated heterocycles. The summed E-state index contributed by atoms with van der Waals surface area (Å²) in [6.07, 6.45) is 0. The lowest BCUT2D eigenvalue weighted by Crippen LogP contribution is -2.59. The Morgan fingerprint density at radius 2 is 1.03 bits per heavy atom. The number of hydrogen-bond acceptors (Lipinski definition) is 0. The highest BCUT2D eigenvalue weighted by atomic mass is 15.0. The Labute approximate surface area is 170 Å². The number of hydrogen-bond donors (Lipinski definition) is 0. The number of para-hydroxylation sites is 2. The standard InChI is InChI=1S/C26H21BN2/c1-14-16(3)28-22-12-7-13-23-24(22)27(20-10-5-8-18(14)25(20)28)21-11-6-9-19-15(2)17(4)29(23)26(19)21/h5-13H,1-4H3. The Bertz CT molecular complexity index is 1430. The monoisotopic (exact) mass is 372 g/mol. The van der Waals surface area contributed by atoms with Crippen LogP contribution in [0.25, 0.3) is 33.2 Å². The zero-order valence-electron chi connectivity index (χ0n) is 17.2. The Hall–Kier alpha value is -3.20. The van der Waals surface area contributed by atoms with E-state index in [1.807, 2.05) is 0 Å². The van der Waals surface area contributed by atoms with Gasteiger partial charge in [0.1, 0.15) is 0 Å². The van der Waals surface area contributed by atoms with Crippen LogP contribution in [0.3, 0.4) is 0 Å². The Kier molecular flexibility index (Phi) is 2.63. The van der Waals surface area contributed by atoms with Crippen molar-refractivity contribution in [2.45, 2.75) is 27.7 Å². The molecule has 0 saturated carbocycles. The van der Waals surface area contributed by atoms with Crippen LogP contribution in [0.15, 0.2) is 54.6 Å². The lowest BCUT2D eigenvalue weighted by Gasteiger charge is -2.33. The molecule has 3 aromatic carbocycles. The van der Waals surface area contributed by atoms with Gasteiger partial charge < -0.3 is 9.13 Å². The second kappa shape index (κ2) is 4.86. The molecule has 0 atom stereocenters. The molecule has 138 valence electrons. The zero-order chi connectivity index (χ0) is 19.6. The van der Waals surface area contributed by atoms with Gasteiger partial charge >= 0.3 is 0 Å². The molecule has 2 nitrogen and oxygen atoms in total. The first-order valence-electron chi connectivity index (χ1n) is 10.4. The highest BCUT2D eigenvalue weighted by Crippen LogP contribution is 2.35. The normalized spacial score (nSPS) is 13.4. The van der Waals surface area contributed by atoms with Gasteiger partial charge in [0.2, 0.25) is 0 Å². The zero-order valence-corrected chi connectivity index (χ0v) is 17.2. The van der Waals surface area contributed by atoms with Crippen molar-refractivity contribution in [2.75, 3.05) is 0 Å². The molecule has 4 heterocycles. The SMILES string of the molecule is Cc1c(C)n2c3c(cccc13)B1c3c-2cccc3-n2c(C)c(C)c3cccc1c32. The average Bonchev–Trinajstić information content (AvgIpc) is 3.16. The molecule has 0 spiro atoms. The third kappa shape index (κ3) is 1.56. The lowest BCUT2D eigenvalue weighted by atomic mass is 9.34. The lowest BCUT2D eigenvalue weighted by molar-refractivity contribution is 1.02. The molecule has 5 aromatic rings. The minimum atomic E-state index is 0.288. The quantitative estimate of drug-likeness (QED) is 0.357. The van der Waals surface area contributed by atoms with Crippen molar-refractivity contribution in [1.29, 1.82) is 0 Å². The molecule has 0 aliphatic carbocycles. The molecule has 29 heavy (non-hydrogen) atoms. The van der Waals surface area contributed by atoms with Crippen molar-refractivity contribution in [3.05, 3.63) is 77.1 Å². The number of benzene rings is 3. The smallest absolute Gasteiger partial charge is 0.252 e. The molecule has 0 bridgehead atoms. The summed E-state index contributed by atoms with van der Waals surface area (Å²) in [4.78, 5) is 0. The number of aryl methyl sites for hydroxylation is 2. The van der Waals surface area contributed by atoms with Crippen LogP contribution >= 0.6 is 0 Å². The number of fused-ring (bicyclic) bond motifs is 4. The largest absolute Gasteiger partial charge is 0.315 e. The van der Waals surface area contributed by atoms with Crippen molar-refractivity contribution in [3.8, 4) is 11.4 Å². The summed E-state index contributed by atoms with van der Waals surface area (Å²) in [5.41, 5.74) is 15.3. The second-order valence-electron chi connectivity index (χ2n) is 8.72. The molecule has 0 N–H and O–H groups in total. The molecule has 2 aliphatic rings. The van der Waals surface area contributed by atoms with Gasteiger partial charge in [-0.1, -0.05) is 42.5 Å². The third-order valence-electron chi connectivity index (χ3n) is 7.60. The van der Waals surface area contributed by atoms with Crippen molar-refractivity contribution >= 4 is 44.9 Å². The van der Waals surface area contributed by atoms with Crippen LogP contribution in [0.1, 0.15) is 22.5 Å². The molecular formula is C26H21BN2. The maximum atomic E-state index is 2.51. The minimum Gasteiger partial charge on any atom is -0.315 e. The van der Waals surface area contributed by atoms with Crippen LogP contribution in [-0.2, 0) is 0 Å². The fourth-order valence-corrected chi connectivity index (χ4v) is 6.06. The predicted octanol–water partition coefficient (Wildman–Crippen LogP) is 3.95. The van der Waals surface area contributed by atoms with Crippen LogP contribution in [0.2, 0.25) is 0 Å². The Balaban J connectivity index is 1.79. The van der Waals surface area contributed by atoms with E-state index >= 15 is 0 Å². The van der Waals surface area contributed by atoms with Crippen LogP contribution in [0, 0.1) is 27.7 Å². The van der Waals surface area contributed by atoms with Gasteiger partial charge in [0.15, 0.2) is 0 Å². The van der Waals surface area contributed by atoms with Crippen molar-refractivity contribution in [1.82, 2.24) is 9.13 Å². The summed E-state index contributed by atoms with van der Waals surface area (Å²) < 4.78 is 5.01. The maximum absolute atomic E-state index is 2.51. The van der Waals surface area contributed by atoms with E-state index in [0.717, 1.165) is 0 Å². The Morgan fingerprint density at radius 1 is 0.586 bits per heavy atom. The first-order chi connectivity index (χ1) is 14.1. The summed E-state index contributed by atoms with van der Waals surface area (Å²) in [7, 11) is 0. The summed E-state index contributed by atoms with van der Waals surface area (Å²) in [6.45, 7) is 9.34. The van der Waals surface area contributed by atoms with E-state index in [-0.39, 0.29) is 6.71 Å². The van der Waals surface area contributed by atoms with Gasteiger partial charge in [0.25, 0.3) is 6.71 Å². The Morgan fingerprint density at radius 3 is 1.52 bits per heavy atom. The van der Waals surface area contributed by atoms with Crippen LogP contribution < -0.4 is 16.4 Å².